The number of phenols is 1. The van der Waals surface area contributed by atoms with Gasteiger partial charge in [0.25, 0.3) is 0 Å². The van der Waals surface area contributed by atoms with Crippen LogP contribution in [0.2, 0.25) is 0 Å². The van der Waals surface area contributed by atoms with E-state index < -0.39 is 12.1 Å². The number of carbonyl (C=O) groups is 2. The number of phenolic OH excluding ortho intramolecular Hbond substituents is 1. The number of Topliss-reactive ketones (excluding diaryl/α,β-unsaturated/α-hetero) is 1. The monoisotopic (exact) mass is 374 g/mol. The number of ether oxygens (including phenoxy) is 1. The van der Waals surface area contributed by atoms with Gasteiger partial charge in [0.05, 0.1) is 0 Å². The Balaban J connectivity index is 1.98. The van der Waals surface area contributed by atoms with Gasteiger partial charge in [0.2, 0.25) is 5.78 Å². The Labute approximate surface area is 164 Å². The van der Waals surface area contributed by atoms with E-state index in [2.05, 4.69) is 0 Å². The fourth-order valence-corrected chi connectivity index (χ4v) is 2.94. The van der Waals surface area contributed by atoms with Crippen molar-refractivity contribution in [2.75, 3.05) is 0 Å². The predicted octanol–water partition coefficient (Wildman–Crippen LogP) is 5.10. The molecule has 3 aromatic carbocycles. The highest BCUT2D eigenvalue weighted by molar-refractivity contribution is 6.02. The van der Waals surface area contributed by atoms with E-state index in [1.807, 2.05) is 26.0 Å². The topological polar surface area (TPSA) is 63.6 Å². The Morgan fingerprint density at radius 3 is 2.21 bits per heavy atom. The molecule has 0 bridgehead atoms. The highest BCUT2D eigenvalue weighted by atomic mass is 16.5. The molecule has 0 radical (unpaired) electrons. The molecule has 0 saturated heterocycles. The Morgan fingerprint density at radius 1 is 0.821 bits per heavy atom. The standard InChI is InChI=1S/C24H22O4/c1-15-12-13-19(14-17(15)3)22(26)23(18-9-5-4-6-10-18)28-24(27)20-11-7-8-16(2)21(20)25/h4-14,23,25H,1-3H3. The third-order valence-corrected chi connectivity index (χ3v) is 4.81. The molecule has 0 fully saturated rings. The summed E-state index contributed by atoms with van der Waals surface area (Å²) in [6, 6.07) is 19.1. The summed E-state index contributed by atoms with van der Waals surface area (Å²) < 4.78 is 5.60. The van der Waals surface area contributed by atoms with Gasteiger partial charge in [-0.2, -0.15) is 0 Å². The number of esters is 1. The number of carbonyl (C=O) groups excluding carboxylic acids is 2. The zero-order chi connectivity index (χ0) is 20.3. The molecule has 0 amide bonds. The molecule has 1 atom stereocenters. The molecule has 0 saturated carbocycles. The van der Waals surface area contributed by atoms with Gasteiger partial charge in [-0.15, -0.1) is 0 Å². The van der Waals surface area contributed by atoms with Crippen LogP contribution in [0.3, 0.4) is 0 Å². The average molecular weight is 374 g/mol. The molecule has 0 spiro atoms. The van der Waals surface area contributed by atoms with Gasteiger partial charge < -0.3 is 9.84 Å². The predicted molar refractivity (Wildman–Crippen MR) is 108 cm³/mol. The number of hydrogen-bond acceptors (Lipinski definition) is 4. The van der Waals surface area contributed by atoms with Crippen LogP contribution in [-0.2, 0) is 4.74 Å². The SMILES string of the molecule is Cc1ccc(C(=O)C(OC(=O)c2cccc(C)c2O)c2ccccc2)cc1C. The molecule has 4 heteroatoms. The van der Waals surface area contributed by atoms with Gasteiger partial charge in [0.15, 0.2) is 6.10 Å². The van der Waals surface area contributed by atoms with Crippen molar-refractivity contribution in [2.45, 2.75) is 26.9 Å². The summed E-state index contributed by atoms with van der Waals surface area (Å²) in [6.45, 7) is 5.60. The van der Waals surface area contributed by atoms with Crippen LogP contribution in [0.15, 0.2) is 66.7 Å². The largest absolute Gasteiger partial charge is 0.507 e. The van der Waals surface area contributed by atoms with E-state index in [1.165, 1.54) is 6.07 Å². The van der Waals surface area contributed by atoms with Crippen molar-refractivity contribution in [2.24, 2.45) is 0 Å². The van der Waals surface area contributed by atoms with Gasteiger partial charge in [-0.1, -0.05) is 54.6 Å². The van der Waals surface area contributed by atoms with Crippen molar-refractivity contribution in [1.82, 2.24) is 0 Å². The van der Waals surface area contributed by atoms with E-state index >= 15 is 0 Å². The molecule has 4 nitrogen and oxygen atoms in total. The van der Waals surface area contributed by atoms with E-state index in [4.69, 9.17) is 4.74 Å². The lowest BCUT2D eigenvalue weighted by Gasteiger charge is -2.18. The number of para-hydroxylation sites is 1. The first kappa shape index (κ1) is 19.4. The normalized spacial score (nSPS) is 11.7. The lowest BCUT2D eigenvalue weighted by Crippen LogP contribution is -2.20. The van der Waals surface area contributed by atoms with Crippen molar-refractivity contribution in [3.63, 3.8) is 0 Å². The van der Waals surface area contributed by atoms with E-state index in [-0.39, 0.29) is 17.1 Å². The summed E-state index contributed by atoms with van der Waals surface area (Å²) >= 11 is 0. The summed E-state index contributed by atoms with van der Waals surface area (Å²) in [5.41, 5.74) is 3.71. The summed E-state index contributed by atoms with van der Waals surface area (Å²) in [7, 11) is 0. The summed E-state index contributed by atoms with van der Waals surface area (Å²) in [4.78, 5) is 25.9. The van der Waals surface area contributed by atoms with E-state index in [1.54, 1.807) is 55.5 Å². The van der Waals surface area contributed by atoms with Crippen LogP contribution in [0.25, 0.3) is 0 Å². The van der Waals surface area contributed by atoms with Crippen LogP contribution >= 0.6 is 0 Å². The lowest BCUT2D eigenvalue weighted by molar-refractivity contribution is 0.0277. The summed E-state index contributed by atoms with van der Waals surface area (Å²) in [5, 5.41) is 10.2. The Bertz CT molecular complexity index is 1020. The number of hydrogen-bond donors (Lipinski definition) is 1. The molecule has 142 valence electrons. The maximum Gasteiger partial charge on any atom is 0.342 e. The highest BCUT2D eigenvalue weighted by Gasteiger charge is 2.28. The van der Waals surface area contributed by atoms with Gasteiger partial charge in [-0.05, 0) is 49.6 Å². The first-order valence-electron chi connectivity index (χ1n) is 9.04. The summed E-state index contributed by atoms with van der Waals surface area (Å²) in [6.07, 6.45) is -1.10. The van der Waals surface area contributed by atoms with Gasteiger partial charge in [-0.3, -0.25) is 4.79 Å². The first-order valence-corrected chi connectivity index (χ1v) is 9.04. The molecule has 28 heavy (non-hydrogen) atoms. The van der Waals surface area contributed by atoms with E-state index in [0.717, 1.165) is 11.1 Å². The molecule has 0 aliphatic heterocycles. The van der Waals surface area contributed by atoms with Gasteiger partial charge >= 0.3 is 5.97 Å². The maximum absolute atomic E-state index is 13.2. The molecular weight excluding hydrogens is 352 g/mol. The molecule has 1 unspecified atom stereocenters. The van der Waals surface area contributed by atoms with E-state index in [9.17, 15) is 14.7 Å². The van der Waals surface area contributed by atoms with Crippen molar-refractivity contribution >= 4 is 11.8 Å². The highest BCUT2D eigenvalue weighted by Crippen LogP contribution is 2.28. The summed E-state index contributed by atoms with van der Waals surface area (Å²) in [5.74, 6) is -1.19. The van der Waals surface area contributed by atoms with Crippen LogP contribution in [0.4, 0.5) is 0 Å². The first-order chi connectivity index (χ1) is 13.4. The van der Waals surface area contributed by atoms with Gasteiger partial charge in [0, 0.05) is 11.1 Å². The van der Waals surface area contributed by atoms with Gasteiger partial charge in [-0.25, -0.2) is 4.79 Å². The zero-order valence-corrected chi connectivity index (χ0v) is 16.1. The number of rotatable bonds is 5. The number of benzene rings is 3. The molecule has 0 heterocycles. The van der Waals surface area contributed by atoms with Crippen molar-refractivity contribution in [3.05, 3.63) is 100 Å². The fourth-order valence-electron chi connectivity index (χ4n) is 2.94. The minimum atomic E-state index is -1.10. The van der Waals surface area contributed by atoms with Crippen LogP contribution < -0.4 is 0 Å². The minimum absolute atomic E-state index is 0.0359. The van der Waals surface area contributed by atoms with Crippen LogP contribution in [0.1, 0.15) is 49.1 Å². The number of aromatic hydroxyl groups is 1. The average Bonchev–Trinajstić information content (AvgIpc) is 2.70. The lowest BCUT2D eigenvalue weighted by atomic mass is 9.97. The molecule has 3 aromatic rings. The van der Waals surface area contributed by atoms with Crippen LogP contribution in [0.5, 0.6) is 5.75 Å². The van der Waals surface area contributed by atoms with Crippen LogP contribution in [0, 0.1) is 20.8 Å². The second-order valence-electron chi connectivity index (χ2n) is 6.83. The smallest absolute Gasteiger partial charge is 0.342 e. The number of ketones is 1. The van der Waals surface area contributed by atoms with Crippen molar-refractivity contribution < 1.29 is 19.4 Å². The molecule has 3 rings (SSSR count). The Morgan fingerprint density at radius 2 is 1.54 bits per heavy atom. The zero-order valence-electron chi connectivity index (χ0n) is 16.1. The quantitative estimate of drug-likeness (QED) is 0.499. The number of aryl methyl sites for hydroxylation is 3. The van der Waals surface area contributed by atoms with Gasteiger partial charge in [0.1, 0.15) is 11.3 Å². The van der Waals surface area contributed by atoms with Crippen molar-refractivity contribution in [1.29, 1.82) is 0 Å². The molecule has 0 aliphatic carbocycles. The molecule has 0 aromatic heterocycles. The second-order valence-corrected chi connectivity index (χ2v) is 6.83. The third kappa shape index (κ3) is 3.96. The fraction of sp³-hybridized carbons (Fsp3) is 0.167. The van der Waals surface area contributed by atoms with E-state index in [0.29, 0.717) is 16.7 Å². The molecular formula is C24H22O4. The molecule has 1 N–H and O–H groups in total. The maximum atomic E-state index is 13.2. The Kier molecular flexibility index (Phi) is 5.59. The molecule has 0 aliphatic rings. The van der Waals surface area contributed by atoms with Crippen LogP contribution in [-0.4, -0.2) is 16.9 Å². The Hall–Kier alpha value is -3.40. The second kappa shape index (κ2) is 8.09. The third-order valence-electron chi connectivity index (χ3n) is 4.81. The minimum Gasteiger partial charge on any atom is -0.507 e. The van der Waals surface area contributed by atoms with Crippen molar-refractivity contribution in [3.8, 4) is 5.75 Å².